The topological polar surface area (TPSA) is 84.8 Å². The Hall–Kier alpha value is -3.98. The Morgan fingerprint density at radius 1 is 1.07 bits per heavy atom. The van der Waals surface area contributed by atoms with Crippen molar-refractivity contribution in [2.75, 3.05) is 12.8 Å². The number of nitrogen functional groups attached to an aromatic ring is 1. The molecule has 0 spiro atoms. The van der Waals surface area contributed by atoms with Crippen LogP contribution < -0.4 is 10.5 Å². The summed E-state index contributed by atoms with van der Waals surface area (Å²) in [6.07, 6.45) is 1.73. The van der Waals surface area contributed by atoms with Gasteiger partial charge in [0.25, 0.3) is 0 Å². The number of nitrogens with zero attached hydrogens (tertiary/aromatic N) is 3. The van der Waals surface area contributed by atoms with Crippen LogP contribution in [0.5, 0.6) is 5.75 Å². The summed E-state index contributed by atoms with van der Waals surface area (Å²) in [6.45, 7) is 0. The number of aromatic nitrogens is 2. The van der Waals surface area contributed by atoms with E-state index in [1.807, 2.05) is 30.3 Å². The van der Waals surface area contributed by atoms with Crippen LogP contribution in [0.4, 0.5) is 10.2 Å². The highest BCUT2D eigenvalue weighted by molar-refractivity contribution is 5.88. The fourth-order valence-corrected chi connectivity index (χ4v) is 3.13. The van der Waals surface area contributed by atoms with E-state index < -0.39 is 5.82 Å². The molecule has 0 unspecified atom stereocenters. The first-order valence-corrected chi connectivity index (χ1v) is 8.50. The van der Waals surface area contributed by atoms with Crippen LogP contribution in [0.1, 0.15) is 5.56 Å². The Bertz CT molecular complexity index is 1250. The predicted molar refractivity (Wildman–Crippen MR) is 106 cm³/mol. The van der Waals surface area contributed by atoms with Crippen molar-refractivity contribution < 1.29 is 9.13 Å². The number of hydrogen-bond acceptors (Lipinski definition) is 5. The van der Waals surface area contributed by atoms with E-state index in [1.165, 1.54) is 19.2 Å². The zero-order chi connectivity index (χ0) is 19.7. The van der Waals surface area contributed by atoms with E-state index >= 15 is 0 Å². The lowest BCUT2D eigenvalue weighted by atomic mass is 9.97. The average Bonchev–Trinajstić information content (AvgIpc) is 2.72. The minimum Gasteiger partial charge on any atom is -0.494 e. The molecule has 4 aromatic rings. The molecule has 5 nitrogen and oxygen atoms in total. The third kappa shape index (κ3) is 2.99. The molecule has 2 aromatic heterocycles. The number of fused-ring (bicyclic) bond motifs is 1. The first kappa shape index (κ1) is 17.4. The number of pyridine rings is 2. The molecular weight excluding hydrogens is 355 g/mol. The summed E-state index contributed by atoms with van der Waals surface area (Å²) < 4.78 is 19.1. The number of nitriles is 1. The molecule has 2 aromatic carbocycles. The molecule has 0 amide bonds. The van der Waals surface area contributed by atoms with E-state index in [2.05, 4.69) is 16.0 Å². The van der Waals surface area contributed by atoms with Gasteiger partial charge in [-0.2, -0.15) is 5.26 Å². The third-order valence-electron chi connectivity index (χ3n) is 4.52. The van der Waals surface area contributed by atoms with E-state index in [-0.39, 0.29) is 17.1 Å². The summed E-state index contributed by atoms with van der Waals surface area (Å²) in [5, 5.41) is 10.5. The van der Waals surface area contributed by atoms with Crippen LogP contribution in [-0.4, -0.2) is 17.1 Å². The molecule has 0 fully saturated rings. The van der Waals surface area contributed by atoms with Crippen molar-refractivity contribution in [3.05, 3.63) is 72.2 Å². The molecule has 0 bridgehead atoms. The van der Waals surface area contributed by atoms with Gasteiger partial charge in [-0.3, -0.25) is 4.98 Å². The average molecular weight is 370 g/mol. The fraction of sp³-hybridized carbons (Fsp3) is 0.0455. The molecule has 2 heterocycles. The van der Waals surface area contributed by atoms with Crippen LogP contribution in [0, 0.1) is 17.1 Å². The molecule has 4 rings (SSSR count). The largest absolute Gasteiger partial charge is 0.494 e. The number of rotatable bonds is 3. The maximum atomic E-state index is 14.1. The first-order chi connectivity index (χ1) is 13.6. The molecular formula is C22H15FN4O. The van der Waals surface area contributed by atoms with Gasteiger partial charge in [-0.1, -0.05) is 12.1 Å². The number of anilines is 1. The van der Waals surface area contributed by atoms with Gasteiger partial charge < -0.3 is 10.5 Å². The van der Waals surface area contributed by atoms with Gasteiger partial charge >= 0.3 is 0 Å². The van der Waals surface area contributed by atoms with Crippen molar-refractivity contribution in [1.29, 1.82) is 5.26 Å². The van der Waals surface area contributed by atoms with E-state index in [0.717, 1.165) is 16.5 Å². The molecule has 6 heteroatoms. The second kappa shape index (κ2) is 6.97. The van der Waals surface area contributed by atoms with Crippen LogP contribution >= 0.6 is 0 Å². The Balaban J connectivity index is 1.91. The summed E-state index contributed by atoms with van der Waals surface area (Å²) in [4.78, 5) is 8.61. The van der Waals surface area contributed by atoms with Gasteiger partial charge in [0, 0.05) is 22.7 Å². The molecule has 0 radical (unpaired) electrons. The second-order valence-electron chi connectivity index (χ2n) is 6.19. The van der Waals surface area contributed by atoms with Gasteiger partial charge in [0.2, 0.25) is 0 Å². The SMILES string of the molecule is COc1ccc(-c2cc(-c3ccc4ncccc4c3)c(C#N)c(N)n2)cc1F. The number of hydrogen-bond donors (Lipinski definition) is 1. The van der Waals surface area contributed by atoms with Crippen molar-refractivity contribution >= 4 is 16.7 Å². The summed E-state index contributed by atoms with van der Waals surface area (Å²) >= 11 is 0. The number of methoxy groups -OCH3 is 1. The number of ether oxygens (including phenoxy) is 1. The molecule has 28 heavy (non-hydrogen) atoms. The van der Waals surface area contributed by atoms with Gasteiger partial charge in [-0.25, -0.2) is 9.37 Å². The van der Waals surface area contributed by atoms with Gasteiger partial charge in [0.05, 0.1) is 18.3 Å². The number of nitrogens with two attached hydrogens (primary N) is 1. The van der Waals surface area contributed by atoms with Crippen LogP contribution in [-0.2, 0) is 0 Å². The van der Waals surface area contributed by atoms with Crippen molar-refractivity contribution in [2.24, 2.45) is 0 Å². The summed E-state index contributed by atoms with van der Waals surface area (Å²) in [5.74, 6) is -0.256. The quantitative estimate of drug-likeness (QED) is 0.571. The van der Waals surface area contributed by atoms with E-state index in [1.54, 1.807) is 18.3 Å². The second-order valence-corrected chi connectivity index (χ2v) is 6.19. The third-order valence-corrected chi connectivity index (χ3v) is 4.52. The lowest BCUT2D eigenvalue weighted by Crippen LogP contribution is -2.00. The summed E-state index contributed by atoms with van der Waals surface area (Å²) in [7, 11) is 1.41. The predicted octanol–water partition coefficient (Wildman–Crippen LogP) is 4.57. The number of halogens is 1. The molecule has 2 N–H and O–H groups in total. The molecule has 0 saturated heterocycles. The van der Waals surface area contributed by atoms with Crippen molar-refractivity contribution in [3.8, 4) is 34.2 Å². The van der Waals surface area contributed by atoms with Crippen LogP contribution in [0.2, 0.25) is 0 Å². The number of benzene rings is 2. The normalized spacial score (nSPS) is 10.6. The van der Waals surface area contributed by atoms with Crippen LogP contribution in [0.15, 0.2) is 60.8 Å². The van der Waals surface area contributed by atoms with Gasteiger partial charge in [0.1, 0.15) is 17.5 Å². The molecule has 0 aliphatic heterocycles. The highest BCUT2D eigenvalue weighted by Gasteiger charge is 2.15. The Morgan fingerprint density at radius 3 is 2.64 bits per heavy atom. The maximum absolute atomic E-state index is 14.1. The first-order valence-electron chi connectivity index (χ1n) is 8.50. The molecule has 136 valence electrons. The van der Waals surface area contributed by atoms with Gasteiger partial charge in [0.15, 0.2) is 11.6 Å². The van der Waals surface area contributed by atoms with Crippen molar-refractivity contribution in [2.45, 2.75) is 0 Å². The van der Waals surface area contributed by atoms with Crippen molar-refractivity contribution in [3.63, 3.8) is 0 Å². The molecule has 0 aliphatic rings. The standard InChI is InChI=1S/C22H15FN4O/c1-28-21-7-5-15(10-18(21)23)20-11-16(17(12-24)22(25)27-20)13-4-6-19-14(9-13)3-2-8-26-19/h2-11H,1H3,(H2,25,27). The van der Waals surface area contributed by atoms with Crippen LogP contribution in [0.3, 0.4) is 0 Å². The minimum atomic E-state index is -0.497. The van der Waals surface area contributed by atoms with Crippen LogP contribution in [0.25, 0.3) is 33.3 Å². The Labute approximate surface area is 160 Å². The Kier molecular flexibility index (Phi) is 4.34. The maximum Gasteiger partial charge on any atom is 0.165 e. The zero-order valence-corrected chi connectivity index (χ0v) is 15.0. The van der Waals surface area contributed by atoms with E-state index in [4.69, 9.17) is 10.5 Å². The van der Waals surface area contributed by atoms with Crippen molar-refractivity contribution in [1.82, 2.24) is 9.97 Å². The summed E-state index contributed by atoms with van der Waals surface area (Å²) in [6, 6.07) is 17.9. The Morgan fingerprint density at radius 2 is 1.89 bits per heavy atom. The molecule has 0 aliphatic carbocycles. The molecule has 0 saturated carbocycles. The monoisotopic (exact) mass is 370 g/mol. The summed E-state index contributed by atoms with van der Waals surface area (Å²) in [5.41, 5.74) is 9.63. The molecule has 0 atom stereocenters. The fourth-order valence-electron chi connectivity index (χ4n) is 3.13. The lowest BCUT2D eigenvalue weighted by molar-refractivity contribution is 0.386. The lowest BCUT2D eigenvalue weighted by Gasteiger charge is -2.11. The van der Waals surface area contributed by atoms with Gasteiger partial charge in [-0.15, -0.1) is 0 Å². The highest BCUT2D eigenvalue weighted by atomic mass is 19.1. The van der Waals surface area contributed by atoms with E-state index in [9.17, 15) is 9.65 Å². The minimum absolute atomic E-state index is 0.0949. The zero-order valence-electron chi connectivity index (χ0n) is 15.0. The van der Waals surface area contributed by atoms with Gasteiger partial charge in [-0.05, 0) is 48.0 Å². The van der Waals surface area contributed by atoms with E-state index in [0.29, 0.717) is 16.8 Å². The highest BCUT2D eigenvalue weighted by Crippen LogP contribution is 2.33. The smallest absolute Gasteiger partial charge is 0.165 e.